The van der Waals surface area contributed by atoms with E-state index in [0.29, 0.717) is 12.1 Å². The summed E-state index contributed by atoms with van der Waals surface area (Å²) in [5.41, 5.74) is 1.69. The summed E-state index contributed by atoms with van der Waals surface area (Å²) < 4.78 is 5.24. The van der Waals surface area contributed by atoms with Gasteiger partial charge in [-0.1, -0.05) is 48.6 Å². The molecule has 1 amide bonds. The van der Waals surface area contributed by atoms with Crippen LogP contribution >= 0.6 is 12.2 Å². The van der Waals surface area contributed by atoms with Gasteiger partial charge in [-0.05, 0) is 30.3 Å². The third-order valence-corrected chi connectivity index (χ3v) is 3.18. The number of thiocarbonyl (C=S) groups is 1. The van der Waals surface area contributed by atoms with Crippen molar-refractivity contribution in [3.63, 3.8) is 0 Å². The second-order valence-corrected chi connectivity index (χ2v) is 5.38. The largest absolute Gasteiger partial charge is 0.485 e. The van der Waals surface area contributed by atoms with Crippen LogP contribution in [0.25, 0.3) is 6.08 Å². The summed E-state index contributed by atoms with van der Waals surface area (Å²) in [5.74, 6) is -0.202. The Hall–Kier alpha value is -2.27. The Morgan fingerprint density at radius 1 is 1.22 bits per heavy atom. The second kappa shape index (κ2) is 10.5. The Balaban J connectivity index is 2.38. The number of carbonyl (C=O) groups is 2. The number of ketones is 1. The number of amides is 1. The van der Waals surface area contributed by atoms with Crippen LogP contribution in [0.5, 0.6) is 0 Å². The molecule has 1 aromatic carbocycles. The number of carbonyl (C=O) groups excluding carboxylic acids is 2. The zero-order valence-electron chi connectivity index (χ0n) is 13.4. The second-order valence-electron chi connectivity index (χ2n) is 4.92. The molecule has 0 radical (unpaired) electrons. The molecular weight excluding hydrogens is 310 g/mol. The van der Waals surface area contributed by atoms with Crippen molar-refractivity contribution in [1.82, 2.24) is 5.32 Å². The van der Waals surface area contributed by atoms with E-state index in [0.717, 1.165) is 5.56 Å². The van der Waals surface area contributed by atoms with Gasteiger partial charge in [0.1, 0.15) is 6.61 Å². The van der Waals surface area contributed by atoms with Crippen LogP contribution in [0, 0.1) is 0 Å². The summed E-state index contributed by atoms with van der Waals surface area (Å²) in [4.78, 5) is 22.7. The molecule has 23 heavy (non-hydrogen) atoms. The fourth-order valence-electron chi connectivity index (χ4n) is 1.67. The fourth-order valence-corrected chi connectivity index (χ4v) is 1.89. The van der Waals surface area contributed by atoms with E-state index in [9.17, 15) is 9.59 Å². The summed E-state index contributed by atoms with van der Waals surface area (Å²) in [6.07, 6.45) is 5.59. The summed E-state index contributed by atoms with van der Waals surface area (Å²) in [6, 6.07) is 9.84. The molecule has 0 heterocycles. The van der Waals surface area contributed by atoms with Gasteiger partial charge >= 0.3 is 0 Å². The molecule has 5 heteroatoms. The minimum absolute atomic E-state index is 0.0664. The Kier molecular flexibility index (Phi) is 8.54. The van der Waals surface area contributed by atoms with Crippen LogP contribution in [0.4, 0.5) is 0 Å². The highest BCUT2D eigenvalue weighted by atomic mass is 32.1. The van der Waals surface area contributed by atoms with Gasteiger partial charge in [-0.25, -0.2) is 0 Å². The first kappa shape index (κ1) is 18.8. The molecule has 0 aliphatic carbocycles. The van der Waals surface area contributed by atoms with Crippen LogP contribution in [-0.2, 0) is 14.3 Å². The number of Topliss-reactive ketones (excluding diaryl/α,β-unsaturated/α-hetero) is 1. The molecule has 1 aromatic rings. The standard InChI is InChI=1S/C18H21NO3S/c1-14(7-6-10-16-8-4-3-5-9-16)17(21)13-18(23)22-12-11-19-15(2)20/h3-10H,11-13H2,1-2H3,(H,19,20)/b10-6+,14-7+. The van der Waals surface area contributed by atoms with E-state index in [1.54, 1.807) is 13.0 Å². The average molecular weight is 331 g/mol. The smallest absolute Gasteiger partial charge is 0.216 e. The molecule has 0 spiro atoms. The van der Waals surface area contributed by atoms with Gasteiger partial charge in [-0.2, -0.15) is 0 Å². The zero-order chi connectivity index (χ0) is 17.1. The molecule has 4 nitrogen and oxygen atoms in total. The first-order chi connectivity index (χ1) is 11.0. The van der Waals surface area contributed by atoms with Crippen LogP contribution in [0.2, 0.25) is 0 Å². The molecule has 1 rings (SSSR count). The summed E-state index contributed by atoms with van der Waals surface area (Å²) >= 11 is 5.02. The van der Waals surface area contributed by atoms with Crippen LogP contribution in [0.1, 0.15) is 25.8 Å². The van der Waals surface area contributed by atoms with E-state index in [1.165, 1.54) is 6.92 Å². The minimum Gasteiger partial charge on any atom is -0.485 e. The predicted molar refractivity (Wildman–Crippen MR) is 96.1 cm³/mol. The number of rotatable bonds is 8. The zero-order valence-corrected chi connectivity index (χ0v) is 14.2. The monoisotopic (exact) mass is 331 g/mol. The maximum absolute atomic E-state index is 12.0. The fraction of sp³-hybridized carbons (Fsp3) is 0.278. The third kappa shape index (κ3) is 8.68. The van der Waals surface area contributed by atoms with Gasteiger partial charge in [0, 0.05) is 6.92 Å². The lowest BCUT2D eigenvalue weighted by Gasteiger charge is -2.07. The summed E-state index contributed by atoms with van der Waals surface area (Å²) in [6.45, 7) is 3.82. The van der Waals surface area contributed by atoms with Crippen molar-refractivity contribution in [2.24, 2.45) is 0 Å². The van der Waals surface area contributed by atoms with E-state index in [4.69, 9.17) is 17.0 Å². The molecule has 0 bridgehead atoms. The first-order valence-electron chi connectivity index (χ1n) is 7.32. The minimum atomic E-state index is -0.125. The number of ether oxygens (including phenoxy) is 1. The van der Waals surface area contributed by atoms with Crippen LogP contribution in [0.15, 0.2) is 48.1 Å². The highest BCUT2D eigenvalue weighted by Gasteiger charge is 2.08. The van der Waals surface area contributed by atoms with E-state index in [1.807, 2.05) is 42.5 Å². The molecule has 0 fully saturated rings. The van der Waals surface area contributed by atoms with Gasteiger partial charge in [-0.3, -0.25) is 9.59 Å². The molecule has 122 valence electrons. The van der Waals surface area contributed by atoms with Gasteiger partial charge < -0.3 is 10.1 Å². The Bertz CT molecular complexity index is 606. The molecule has 0 saturated carbocycles. The predicted octanol–water partition coefficient (Wildman–Crippen LogP) is 3.09. The van der Waals surface area contributed by atoms with Gasteiger partial charge in [0.2, 0.25) is 5.91 Å². The lowest BCUT2D eigenvalue weighted by Crippen LogP contribution is -2.25. The van der Waals surface area contributed by atoms with E-state index < -0.39 is 0 Å². The van der Waals surface area contributed by atoms with Crippen molar-refractivity contribution in [1.29, 1.82) is 0 Å². The molecule has 1 N–H and O–H groups in total. The maximum Gasteiger partial charge on any atom is 0.216 e. The van der Waals surface area contributed by atoms with Crippen molar-refractivity contribution in [3.8, 4) is 0 Å². The molecule has 0 saturated heterocycles. The van der Waals surface area contributed by atoms with E-state index in [-0.39, 0.29) is 29.8 Å². The third-order valence-electron chi connectivity index (χ3n) is 2.92. The highest BCUT2D eigenvalue weighted by Crippen LogP contribution is 2.05. The molecular formula is C18H21NO3S. The Morgan fingerprint density at radius 3 is 2.57 bits per heavy atom. The van der Waals surface area contributed by atoms with Crippen molar-refractivity contribution in [3.05, 3.63) is 53.6 Å². The quantitative estimate of drug-likeness (QED) is 0.344. The number of allylic oxidation sites excluding steroid dienone is 3. The number of hydrogen-bond acceptors (Lipinski definition) is 4. The summed E-state index contributed by atoms with van der Waals surface area (Å²) in [5, 5.41) is 2.83. The van der Waals surface area contributed by atoms with Crippen LogP contribution in [-0.4, -0.2) is 29.9 Å². The SMILES string of the molecule is CC(=O)NCCOC(=S)CC(=O)/C(C)=C/C=C/c1ccccc1. The van der Waals surface area contributed by atoms with Crippen LogP contribution < -0.4 is 5.32 Å². The molecule has 0 aliphatic heterocycles. The van der Waals surface area contributed by atoms with Crippen molar-refractivity contribution >= 4 is 35.0 Å². The Labute approximate surface area is 142 Å². The summed E-state index contributed by atoms with van der Waals surface area (Å²) in [7, 11) is 0. The Morgan fingerprint density at radius 2 is 1.91 bits per heavy atom. The number of benzene rings is 1. The molecule has 0 aliphatic rings. The topological polar surface area (TPSA) is 55.4 Å². The van der Waals surface area contributed by atoms with E-state index >= 15 is 0 Å². The maximum atomic E-state index is 12.0. The van der Waals surface area contributed by atoms with E-state index in [2.05, 4.69) is 5.32 Å². The molecule has 0 atom stereocenters. The van der Waals surface area contributed by atoms with Crippen LogP contribution in [0.3, 0.4) is 0 Å². The van der Waals surface area contributed by atoms with Crippen molar-refractivity contribution < 1.29 is 14.3 Å². The highest BCUT2D eigenvalue weighted by molar-refractivity contribution is 7.80. The first-order valence-corrected chi connectivity index (χ1v) is 7.73. The molecule has 0 aromatic heterocycles. The van der Waals surface area contributed by atoms with Gasteiger partial charge in [0.25, 0.3) is 0 Å². The average Bonchev–Trinajstić information content (AvgIpc) is 2.52. The van der Waals surface area contributed by atoms with Crippen molar-refractivity contribution in [2.45, 2.75) is 20.3 Å². The molecule has 0 unspecified atom stereocenters. The van der Waals surface area contributed by atoms with Gasteiger partial charge in [0.05, 0.1) is 13.0 Å². The van der Waals surface area contributed by atoms with Gasteiger partial charge in [0.15, 0.2) is 10.8 Å². The number of hydrogen-bond donors (Lipinski definition) is 1. The lowest BCUT2D eigenvalue weighted by atomic mass is 10.1. The normalized spacial score (nSPS) is 11.3. The van der Waals surface area contributed by atoms with Crippen molar-refractivity contribution in [2.75, 3.05) is 13.2 Å². The lowest BCUT2D eigenvalue weighted by molar-refractivity contribution is -0.119. The number of nitrogens with one attached hydrogen (secondary N) is 1. The van der Waals surface area contributed by atoms with Gasteiger partial charge in [-0.15, -0.1) is 0 Å².